The van der Waals surface area contributed by atoms with E-state index >= 15 is 0 Å². The van der Waals surface area contributed by atoms with Crippen molar-refractivity contribution in [1.29, 1.82) is 0 Å². The lowest BCUT2D eigenvalue weighted by atomic mass is 10.00. The fraction of sp³-hybridized carbons (Fsp3) is 0.667. The molecule has 1 fully saturated rings. The van der Waals surface area contributed by atoms with Gasteiger partial charge < -0.3 is 15.0 Å². The zero-order valence-electron chi connectivity index (χ0n) is 7.60. The summed E-state index contributed by atoms with van der Waals surface area (Å²) in [5.74, 6) is 0.516. The summed E-state index contributed by atoms with van der Waals surface area (Å²) in [6.45, 7) is 2.52. The van der Waals surface area contributed by atoms with E-state index in [1.807, 2.05) is 10.8 Å². The first-order valence-electron chi connectivity index (χ1n) is 4.65. The predicted octanol–water partition coefficient (Wildman–Crippen LogP) is 0.247. The van der Waals surface area contributed by atoms with Crippen LogP contribution in [0.4, 0.5) is 0 Å². The molecule has 2 unspecified atom stereocenters. The molecule has 1 aromatic rings. The third kappa shape index (κ3) is 2.08. The fourth-order valence-electron chi connectivity index (χ4n) is 1.68. The maximum atomic E-state index is 6.04. The van der Waals surface area contributed by atoms with E-state index in [-0.39, 0.29) is 6.04 Å². The molecule has 0 amide bonds. The van der Waals surface area contributed by atoms with Gasteiger partial charge in [-0.1, -0.05) is 0 Å². The van der Waals surface area contributed by atoms with Gasteiger partial charge in [-0.05, 0) is 6.42 Å². The Morgan fingerprint density at radius 1 is 1.69 bits per heavy atom. The molecule has 0 radical (unpaired) electrons. The molecule has 0 aromatic carbocycles. The van der Waals surface area contributed by atoms with Gasteiger partial charge in [-0.15, -0.1) is 0 Å². The Balaban J connectivity index is 1.87. The van der Waals surface area contributed by atoms with Crippen molar-refractivity contribution in [3.05, 3.63) is 18.7 Å². The van der Waals surface area contributed by atoms with Crippen LogP contribution in [0.3, 0.4) is 0 Å². The van der Waals surface area contributed by atoms with Crippen LogP contribution in [-0.4, -0.2) is 28.8 Å². The van der Waals surface area contributed by atoms with E-state index in [2.05, 4.69) is 4.98 Å². The number of imidazole rings is 1. The minimum Gasteiger partial charge on any atom is -0.381 e. The van der Waals surface area contributed by atoms with E-state index < -0.39 is 0 Å². The monoisotopic (exact) mass is 181 g/mol. The molecule has 2 heterocycles. The van der Waals surface area contributed by atoms with Gasteiger partial charge in [0, 0.05) is 37.5 Å². The topological polar surface area (TPSA) is 53.1 Å². The molecular weight excluding hydrogens is 166 g/mol. The van der Waals surface area contributed by atoms with E-state index in [1.165, 1.54) is 0 Å². The summed E-state index contributed by atoms with van der Waals surface area (Å²) < 4.78 is 7.31. The normalized spacial score (nSPS) is 24.8. The number of hydrogen-bond acceptors (Lipinski definition) is 3. The summed E-state index contributed by atoms with van der Waals surface area (Å²) in [7, 11) is 0. The molecule has 0 bridgehead atoms. The Bertz CT molecular complexity index is 241. The van der Waals surface area contributed by atoms with Crippen molar-refractivity contribution in [1.82, 2.24) is 9.55 Å². The summed E-state index contributed by atoms with van der Waals surface area (Å²) in [4.78, 5) is 3.98. The van der Waals surface area contributed by atoms with Crippen LogP contribution in [-0.2, 0) is 11.3 Å². The maximum Gasteiger partial charge on any atom is 0.0946 e. The van der Waals surface area contributed by atoms with Gasteiger partial charge in [0.25, 0.3) is 0 Å². The average Bonchev–Trinajstić information content (AvgIpc) is 2.74. The Morgan fingerprint density at radius 3 is 3.23 bits per heavy atom. The third-order valence-electron chi connectivity index (χ3n) is 2.55. The number of ether oxygens (including phenoxy) is 1. The van der Waals surface area contributed by atoms with Gasteiger partial charge in [0.05, 0.1) is 12.9 Å². The second kappa shape index (κ2) is 3.89. The molecule has 4 heteroatoms. The molecule has 2 atom stereocenters. The summed E-state index contributed by atoms with van der Waals surface area (Å²) in [6, 6.07) is 0.191. The SMILES string of the molecule is NC(Cn1ccnc1)C1CCOC1. The second-order valence-electron chi connectivity index (χ2n) is 3.55. The van der Waals surface area contributed by atoms with Crippen molar-refractivity contribution in [2.24, 2.45) is 11.7 Å². The van der Waals surface area contributed by atoms with Crippen LogP contribution >= 0.6 is 0 Å². The van der Waals surface area contributed by atoms with Crippen LogP contribution in [0, 0.1) is 5.92 Å². The lowest BCUT2D eigenvalue weighted by Crippen LogP contribution is -2.34. The minimum atomic E-state index is 0.191. The molecule has 2 rings (SSSR count). The average molecular weight is 181 g/mol. The smallest absolute Gasteiger partial charge is 0.0946 e. The van der Waals surface area contributed by atoms with Gasteiger partial charge in [-0.2, -0.15) is 0 Å². The molecule has 1 aliphatic heterocycles. The number of nitrogens with zero attached hydrogens (tertiary/aromatic N) is 2. The lowest BCUT2D eigenvalue weighted by Gasteiger charge is -2.17. The van der Waals surface area contributed by atoms with Crippen molar-refractivity contribution in [2.75, 3.05) is 13.2 Å². The molecule has 2 N–H and O–H groups in total. The molecule has 1 aliphatic rings. The number of aromatic nitrogens is 2. The highest BCUT2D eigenvalue weighted by molar-refractivity contribution is 4.81. The number of nitrogens with two attached hydrogens (primary N) is 1. The first kappa shape index (κ1) is 8.72. The zero-order valence-corrected chi connectivity index (χ0v) is 7.60. The van der Waals surface area contributed by atoms with Crippen molar-refractivity contribution in [2.45, 2.75) is 19.0 Å². The quantitative estimate of drug-likeness (QED) is 0.727. The van der Waals surface area contributed by atoms with Crippen LogP contribution < -0.4 is 5.73 Å². The molecular formula is C9H15N3O. The van der Waals surface area contributed by atoms with Crippen LogP contribution in [0.25, 0.3) is 0 Å². The van der Waals surface area contributed by atoms with Gasteiger partial charge in [0.15, 0.2) is 0 Å². The molecule has 1 aromatic heterocycles. The highest BCUT2D eigenvalue weighted by atomic mass is 16.5. The van der Waals surface area contributed by atoms with E-state index in [0.29, 0.717) is 5.92 Å². The highest BCUT2D eigenvalue weighted by Crippen LogP contribution is 2.16. The van der Waals surface area contributed by atoms with E-state index in [0.717, 1.165) is 26.2 Å². The van der Waals surface area contributed by atoms with Crippen LogP contribution in [0.1, 0.15) is 6.42 Å². The fourth-order valence-corrected chi connectivity index (χ4v) is 1.68. The first-order chi connectivity index (χ1) is 6.36. The van der Waals surface area contributed by atoms with Gasteiger partial charge in [0.2, 0.25) is 0 Å². The van der Waals surface area contributed by atoms with Gasteiger partial charge in [-0.3, -0.25) is 0 Å². The molecule has 0 saturated carbocycles. The Kier molecular flexibility index (Phi) is 2.61. The summed E-state index contributed by atoms with van der Waals surface area (Å²) in [6.07, 6.45) is 6.61. The Labute approximate surface area is 77.7 Å². The number of hydrogen-bond donors (Lipinski definition) is 1. The highest BCUT2D eigenvalue weighted by Gasteiger charge is 2.22. The van der Waals surface area contributed by atoms with E-state index in [9.17, 15) is 0 Å². The van der Waals surface area contributed by atoms with Crippen LogP contribution in [0.15, 0.2) is 18.7 Å². The largest absolute Gasteiger partial charge is 0.381 e. The minimum absolute atomic E-state index is 0.191. The Morgan fingerprint density at radius 2 is 2.62 bits per heavy atom. The Hall–Kier alpha value is -0.870. The molecule has 4 nitrogen and oxygen atoms in total. The summed E-state index contributed by atoms with van der Waals surface area (Å²) in [5, 5.41) is 0. The molecule has 1 saturated heterocycles. The first-order valence-corrected chi connectivity index (χ1v) is 4.65. The van der Waals surface area contributed by atoms with Crippen molar-refractivity contribution in [3.8, 4) is 0 Å². The lowest BCUT2D eigenvalue weighted by molar-refractivity contribution is 0.179. The summed E-state index contributed by atoms with van der Waals surface area (Å²) >= 11 is 0. The van der Waals surface area contributed by atoms with Gasteiger partial charge >= 0.3 is 0 Å². The van der Waals surface area contributed by atoms with Gasteiger partial charge in [-0.25, -0.2) is 4.98 Å². The van der Waals surface area contributed by atoms with Crippen molar-refractivity contribution < 1.29 is 4.74 Å². The van der Waals surface area contributed by atoms with E-state index in [4.69, 9.17) is 10.5 Å². The van der Waals surface area contributed by atoms with Crippen molar-refractivity contribution >= 4 is 0 Å². The molecule has 13 heavy (non-hydrogen) atoms. The molecule has 0 aliphatic carbocycles. The molecule has 0 spiro atoms. The van der Waals surface area contributed by atoms with Crippen molar-refractivity contribution in [3.63, 3.8) is 0 Å². The standard InChI is InChI=1S/C9H15N3O/c10-9(8-1-4-13-6-8)5-12-3-2-11-7-12/h2-3,7-9H,1,4-6,10H2. The number of rotatable bonds is 3. The van der Waals surface area contributed by atoms with E-state index in [1.54, 1.807) is 12.5 Å². The van der Waals surface area contributed by atoms with Crippen LogP contribution in [0.2, 0.25) is 0 Å². The van der Waals surface area contributed by atoms with Crippen LogP contribution in [0.5, 0.6) is 0 Å². The zero-order chi connectivity index (χ0) is 9.10. The second-order valence-corrected chi connectivity index (χ2v) is 3.55. The maximum absolute atomic E-state index is 6.04. The summed E-state index contributed by atoms with van der Waals surface area (Å²) in [5.41, 5.74) is 6.04. The third-order valence-corrected chi connectivity index (χ3v) is 2.55. The predicted molar refractivity (Wildman–Crippen MR) is 49.1 cm³/mol. The van der Waals surface area contributed by atoms with Gasteiger partial charge in [0.1, 0.15) is 0 Å². The molecule has 72 valence electrons.